The third kappa shape index (κ3) is 5.71. The van der Waals surface area contributed by atoms with E-state index in [0.29, 0.717) is 6.54 Å². The lowest BCUT2D eigenvalue weighted by molar-refractivity contribution is -0.123. The zero-order valence-electron chi connectivity index (χ0n) is 10.7. The van der Waals surface area contributed by atoms with Crippen molar-refractivity contribution in [3.63, 3.8) is 0 Å². The van der Waals surface area contributed by atoms with Gasteiger partial charge < -0.3 is 11.1 Å². The van der Waals surface area contributed by atoms with E-state index in [1.165, 1.54) is 0 Å². The Hall–Kier alpha value is -0.770. The normalized spacial score (nSPS) is 11.8. The first-order chi connectivity index (χ1) is 8.00. The quantitative estimate of drug-likeness (QED) is 0.875. The summed E-state index contributed by atoms with van der Waals surface area (Å²) in [4.78, 5) is 11.6. The van der Waals surface area contributed by atoms with Crippen LogP contribution in [0.15, 0.2) is 24.3 Å². The van der Waals surface area contributed by atoms with Crippen LogP contribution in [0.4, 0.5) is 0 Å². The highest BCUT2D eigenvalue weighted by atomic mass is 35.5. The summed E-state index contributed by atoms with van der Waals surface area (Å²) in [6, 6.07) is 7.17. The summed E-state index contributed by atoms with van der Waals surface area (Å²) in [7, 11) is 0. The van der Waals surface area contributed by atoms with Gasteiger partial charge in [0.05, 0.1) is 6.04 Å². The van der Waals surface area contributed by atoms with E-state index in [1.54, 1.807) is 0 Å². The number of carbonyl (C=O) groups is 1. The first-order valence-corrected chi connectivity index (χ1v) is 6.16. The van der Waals surface area contributed by atoms with Crippen LogP contribution in [-0.4, -0.2) is 18.5 Å². The molecule has 0 aliphatic carbocycles. The summed E-state index contributed by atoms with van der Waals surface area (Å²) in [5, 5.41) is 3.55. The first kappa shape index (κ1) is 17.2. The summed E-state index contributed by atoms with van der Waals surface area (Å²) in [5.41, 5.74) is 6.88. The van der Waals surface area contributed by atoms with Gasteiger partial charge in [0, 0.05) is 11.6 Å². The fourth-order valence-electron chi connectivity index (χ4n) is 1.40. The molecule has 1 unspecified atom stereocenters. The average Bonchev–Trinajstić information content (AvgIpc) is 2.30. The molecule has 0 spiro atoms. The molecule has 3 N–H and O–H groups in total. The van der Waals surface area contributed by atoms with Crippen molar-refractivity contribution in [2.24, 2.45) is 11.7 Å². The molecular formula is C13H20Cl2N2O. The summed E-state index contributed by atoms with van der Waals surface area (Å²) < 4.78 is 0. The second kappa shape index (κ2) is 8.35. The van der Waals surface area contributed by atoms with Gasteiger partial charge in [-0.2, -0.15) is 0 Å². The van der Waals surface area contributed by atoms with Gasteiger partial charge in [-0.1, -0.05) is 37.6 Å². The molecule has 0 saturated heterocycles. The minimum Gasteiger partial charge on any atom is -0.354 e. The molecule has 102 valence electrons. The van der Waals surface area contributed by atoms with Crippen molar-refractivity contribution in [2.75, 3.05) is 6.54 Å². The molecule has 0 fully saturated rings. The highest BCUT2D eigenvalue weighted by Gasteiger charge is 2.16. The van der Waals surface area contributed by atoms with E-state index in [-0.39, 0.29) is 24.2 Å². The molecule has 18 heavy (non-hydrogen) atoms. The maximum Gasteiger partial charge on any atom is 0.237 e. The molecule has 5 heteroatoms. The van der Waals surface area contributed by atoms with Crippen molar-refractivity contribution in [3.05, 3.63) is 34.9 Å². The number of hydrogen-bond acceptors (Lipinski definition) is 2. The monoisotopic (exact) mass is 290 g/mol. The summed E-state index contributed by atoms with van der Waals surface area (Å²) >= 11 is 5.79. The van der Waals surface area contributed by atoms with E-state index in [1.807, 2.05) is 38.1 Å². The molecule has 1 aromatic carbocycles. The highest BCUT2D eigenvalue weighted by molar-refractivity contribution is 6.30. The van der Waals surface area contributed by atoms with Crippen molar-refractivity contribution in [2.45, 2.75) is 26.3 Å². The number of hydrogen-bond donors (Lipinski definition) is 2. The standard InChI is InChI=1S/C13H19ClN2O.ClH/c1-9(2)12(15)13(17)16-8-7-10-3-5-11(14)6-4-10;/h3-6,9,12H,7-8,15H2,1-2H3,(H,16,17);1H. The average molecular weight is 291 g/mol. The van der Waals surface area contributed by atoms with Crippen LogP contribution in [0.25, 0.3) is 0 Å². The van der Waals surface area contributed by atoms with Crippen LogP contribution in [0.1, 0.15) is 19.4 Å². The van der Waals surface area contributed by atoms with E-state index >= 15 is 0 Å². The van der Waals surface area contributed by atoms with Gasteiger partial charge in [-0.3, -0.25) is 4.79 Å². The number of amides is 1. The molecule has 3 nitrogen and oxygen atoms in total. The second-order valence-electron chi connectivity index (χ2n) is 4.44. The van der Waals surface area contributed by atoms with Crippen LogP contribution < -0.4 is 11.1 Å². The molecule has 0 saturated carbocycles. The number of halogens is 2. The SMILES string of the molecule is CC(C)C(N)C(=O)NCCc1ccc(Cl)cc1.Cl. The molecule has 1 atom stereocenters. The first-order valence-electron chi connectivity index (χ1n) is 5.78. The Balaban J connectivity index is 0.00000289. The minimum atomic E-state index is -0.430. The van der Waals surface area contributed by atoms with E-state index < -0.39 is 6.04 Å². The van der Waals surface area contributed by atoms with Gasteiger partial charge in [0.2, 0.25) is 5.91 Å². The topological polar surface area (TPSA) is 55.1 Å². The maximum atomic E-state index is 11.6. The predicted octanol–water partition coefficient (Wildman–Crippen LogP) is 2.40. The van der Waals surface area contributed by atoms with E-state index in [0.717, 1.165) is 17.0 Å². The van der Waals surface area contributed by atoms with Gasteiger partial charge in [0.1, 0.15) is 0 Å². The number of nitrogens with two attached hydrogens (primary N) is 1. The fraction of sp³-hybridized carbons (Fsp3) is 0.462. The third-order valence-electron chi connectivity index (χ3n) is 2.65. The van der Waals surface area contributed by atoms with Crippen molar-refractivity contribution < 1.29 is 4.79 Å². The number of carbonyl (C=O) groups excluding carboxylic acids is 1. The Labute approximate surface area is 119 Å². The Kier molecular flexibility index (Phi) is 8.00. The fourth-order valence-corrected chi connectivity index (χ4v) is 1.53. The lowest BCUT2D eigenvalue weighted by atomic mass is 10.0. The second-order valence-corrected chi connectivity index (χ2v) is 4.87. The van der Waals surface area contributed by atoms with Gasteiger partial charge in [0.25, 0.3) is 0 Å². The molecule has 1 amide bonds. The van der Waals surface area contributed by atoms with Crippen LogP contribution >= 0.6 is 24.0 Å². The maximum absolute atomic E-state index is 11.6. The largest absolute Gasteiger partial charge is 0.354 e. The smallest absolute Gasteiger partial charge is 0.237 e. The predicted molar refractivity (Wildman–Crippen MR) is 78.2 cm³/mol. The minimum absolute atomic E-state index is 0. The molecule has 0 heterocycles. The molecule has 0 aromatic heterocycles. The van der Waals surface area contributed by atoms with Gasteiger partial charge in [-0.25, -0.2) is 0 Å². The highest BCUT2D eigenvalue weighted by Crippen LogP contribution is 2.09. The lowest BCUT2D eigenvalue weighted by Crippen LogP contribution is -2.44. The van der Waals surface area contributed by atoms with Crippen molar-refractivity contribution in [1.29, 1.82) is 0 Å². The molecule has 0 aliphatic heterocycles. The van der Waals surface area contributed by atoms with Crippen LogP contribution in [0.5, 0.6) is 0 Å². The van der Waals surface area contributed by atoms with Crippen LogP contribution in [0, 0.1) is 5.92 Å². The van der Waals surface area contributed by atoms with Gasteiger partial charge in [-0.15, -0.1) is 12.4 Å². The lowest BCUT2D eigenvalue weighted by Gasteiger charge is -2.15. The summed E-state index contributed by atoms with van der Waals surface area (Å²) in [6.07, 6.45) is 0.785. The molecule has 1 rings (SSSR count). The van der Waals surface area contributed by atoms with Crippen molar-refractivity contribution >= 4 is 29.9 Å². The zero-order chi connectivity index (χ0) is 12.8. The Morgan fingerprint density at radius 3 is 2.39 bits per heavy atom. The molecular weight excluding hydrogens is 271 g/mol. The molecule has 0 aliphatic rings. The Morgan fingerprint density at radius 2 is 1.89 bits per heavy atom. The van der Waals surface area contributed by atoms with E-state index in [2.05, 4.69) is 5.32 Å². The van der Waals surface area contributed by atoms with Crippen LogP contribution in [0.3, 0.4) is 0 Å². The van der Waals surface area contributed by atoms with Crippen molar-refractivity contribution in [1.82, 2.24) is 5.32 Å². The Morgan fingerprint density at radius 1 is 1.33 bits per heavy atom. The zero-order valence-corrected chi connectivity index (χ0v) is 12.2. The number of rotatable bonds is 5. The van der Waals surface area contributed by atoms with Crippen molar-refractivity contribution in [3.8, 4) is 0 Å². The van der Waals surface area contributed by atoms with E-state index in [4.69, 9.17) is 17.3 Å². The summed E-state index contributed by atoms with van der Waals surface area (Å²) in [6.45, 7) is 4.47. The molecule has 0 radical (unpaired) electrons. The van der Waals surface area contributed by atoms with Gasteiger partial charge >= 0.3 is 0 Å². The third-order valence-corrected chi connectivity index (χ3v) is 2.90. The number of nitrogens with one attached hydrogen (secondary N) is 1. The molecule has 1 aromatic rings. The van der Waals surface area contributed by atoms with Crippen LogP contribution in [-0.2, 0) is 11.2 Å². The number of benzene rings is 1. The van der Waals surface area contributed by atoms with Crippen LogP contribution in [0.2, 0.25) is 5.02 Å². The Bertz CT molecular complexity index is 366. The van der Waals surface area contributed by atoms with Gasteiger partial charge in [0.15, 0.2) is 0 Å². The van der Waals surface area contributed by atoms with E-state index in [9.17, 15) is 4.79 Å². The molecule has 0 bridgehead atoms. The summed E-state index contributed by atoms with van der Waals surface area (Å²) in [5.74, 6) is 0.0690. The van der Waals surface area contributed by atoms with Gasteiger partial charge in [-0.05, 0) is 30.0 Å².